The molecule has 7 nitrogen and oxygen atoms in total. The zero-order valence-electron chi connectivity index (χ0n) is 15.4. The minimum absolute atomic E-state index is 0.0247. The second kappa shape index (κ2) is 8.52. The highest BCUT2D eigenvalue weighted by molar-refractivity contribution is 7.91. The van der Waals surface area contributed by atoms with Gasteiger partial charge in [-0.3, -0.25) is 14.9 Å². The molecule has 1 amide bonds. The molecule has 1 aliphatic heterocycles. The molecule has 0 saturated carbocycles. The van der Waals surface area contributed by atoms with Gasteiger partial charge in [0.2, 0.25) is 5.91 Å². The van der Waals surface area contributed by atoms with Crippen molar-refractivity contribution in [1.82, 2.24) is 4.90 Å². The van der Waals surface area contributed by atoms with Gasteiger partial charge in [0.05, 0.1) is 16.4 Å². The predicted octanol–water partition coefficient (Wildman–Crippen LogP) is 2.96. The zero-order chi connectivity index (χ0) is 21.0. The van der Waals surface area contributed by atoms with Gasteiger partial charge in [0.1, 0.15) is 5.82 Å². The molecular weight excluding hydrogens is 399 g/mol. The third kappa shape index (κ3) is 5.47. The smallest absolute Gasteiger partial charge is 0.269 e. The number of non-ortho nitro benzene ring substituents is 1. The number of rotatable bonds is 6. The molecular formula is C20H19FN2O5S. The standard InChI is InChI=1S/C20H19FN2O5S/c21-17-6-1-16(2-7-17)13-22(19-11-12-29(27,28)14-19)20(24)10-5-15-3-8-18(9-4-15)23(25)26/h1-10,19H,11-14H2/b10-5+. The van der Waals surface area contributed by atoms with E-state index in [2.05, 4.69) is 0 Å². The molecule has 0 bridgehead atoms. The van der Waals surface area contributed by atoms with Crippen LogP contribution in [-0.2, 0) is 21.2 Å². The molecule has 29 heavy (non-hydrogen) atoms. The van der Waals surface area contributed by atoms with Crippen molar-refractivity contribution in [2.75, 3.05) is 11.5 Å². The summed E-state index contributed by atoms with van der Waals surface area (Å²) < 4.78 is 36.9. The summed E-state index contributed by atoms with van der Waals surface area (Å²) in [6.45, 7) is 0.157. The van der Waals surface area contributed by atoms with Crippen molar-refractivity contribution < 1.29 is 22.5 Å². The number of hydrogen-bond acceptors (Lipinski definition) is 5. The van der Waals surface area contributed by atoms with E-state index in [1.807, 2.05) is 0 Å². The number of carbonyl (C=O) groups is 1. The van der Waals surface area contributed by atoms with E-state index >= 15 is 0 Å². The molecule has 3 rings (SSSR count). The Bertz CT molecular complexity index is 1030. The summed E-state index contributed by atoms with van der Waals surface area (Å²) in [7, 11) is -3.19. The first kappa shape index (κ1) is 20.7. The van der Waals surface area contributed by atoms with Gasteiger partial charge in [-0.25, -0.2) is 12.8 Å². The number of nitro benzene ring substituents is 1. The number of halogens is 1. The van der Waals surface area contributed by atoms with Crippen LogP contribution < -0.4 is 0 Å². The summed E-state index contributed by atoms with van der Waals surface area (Å²) >= 11 is 0. The van der Waals surface area contributed by atoms with Gasteiger partial charge in [-0.05, 0) is 47.9 Å². The van der Waals surface area contributed by atoms with Crippen molar-refractivity contribution >= 4 is 27.5 Å². The lowest BCUT2D eigenvalue weighted by molar-refractivity contribution is -0.384. The van der Waals surface area contributed by atoms with Crippen LogP contribution in [0.3, 0.4) is 0 Å². The van der Waals surface area contributed by atoms with Crippen molar-refractivity contribution in [3.05, 3.63) is 81.7 Å². The number of nitrogens with zero attached hydrogens (tertiary/aromatic N) is 2. The Hall–Kier alpha value is -3.07. The van der Waals surface area contributed by atoms with Crippen molar-refractivity contribution in [1.29, 1.82) is 0 Å². The first-order chi connectivity index (χ1) is 13.7. The number of nitro groups is 1. The van der Waals surface area contributed by atoms with Gasteiger partial charge in [-0.2, -0.15) is 0 Å². The summed E-state index contributed by atoms with van der Waals surface area (Å²) in [5, 5.41) is 10.7. The van der Waals surface area contributed by atoms with Crippen LogP contribution in [0, 0.1) is 15.9 Å². The topological polar surface area (TPSA) is 97.6 Å². The van der Waals surface area contributed by atoms with Crippen molar-refractivity contribution in [3.8, 4) is 0 Å². The van der Waals surface area contributed by atoms with Crippen LogP contribution in [0.25, 0.3) is 6.08 Å². The average Bonchev–Trinajstić information content (AvgIpc) is 3.05. The van der Waals surface area contributed by atoms with E-state index in [1.54, 1.807) is 12.1 Å². The number of benzene rings is 2. The Morgan fingerprint density at radius 2 is 1.83 bits per heavy atom. The van der Waals surface area contributed by atoms with E-state index in [9.17, 15) is 27.7 Å². The zero-order valence-corrected chi connectivity index (χ0v) is 16.2. The molecule has 2 aromatic rings. The lowest BCUT2D eigenvalue weighted by Gasteiger charge is -2.27. The molecule has 0 spiro atoms. The lowest BCUT2D eigenvalue weighted by atomic mass is 10.1. The molecule has 152 valence electrons. The van der Waals surface area contributed by atoms with Crippen LogP contribution >= 0.6 is 0 Å². The summed E-state index contributed by atoms with van der Waals surface area (Å²) in [5.74, 6) is -0.856. The largest absolute Gasteiger partial charge is 0.331 e. The van der Waals surface area contributed by atoms with Gasteiger partial charge in [0.25, 0.3) is 5.69 Å². The molecule has 0 aliphatic carbocycles. The summed E-state index contributed by atoms with van der Waals surface area (Å²) in [5.41, 5.74) is 1.24. The molecule has 9 heteroatoms. The van der Waals surface area contributed by atoms with Crippen molar-refractivity contribution in [3.63, 3.8) is 0 Å². The predicted molar refractivity (Wildman–Crippen MR) is 106 cm³/mol. The lowest BCUT2D eigenvalue weighted by Crippen LogP contribution is -2.39. The highest BCUT2D eigenvalue weighted by atomic mass is 32.2. The third-order valence-corrected chi connectivity index (χ3v) is 6.47. The van der Waals surface area contributed by atoms with Crippen molar-refractivity contribution in [2.45, 2.75) is 19.0 Å². The molecule has 0 radical (unpaired) electrons. The Kier molecular flexibility index (Phi) is 6.07. The molecule has 1 fully saturated rings. The van der Waals surface area contributed by atoms with Crippen LogP contribution in [0.15, 0.2) is 54.6 Å². The normalized spacial score (nSPS) is 18.0. The Morgan fingerprint density at radius 1 is 1.17 bits per heavy atom. The van der Waals surface area contributed by atoms with Gasteiger partial charge < -0.3 is 4.90 Å². The fourth-order valence-corrected chi connectivity index (χ4v) is 4.90. The number of carbonyl (C=O) groups excluding carboxylic acids is 1. The van der Waals surface area contributed by atoms with E-state index in [1.165, 1.54) is 53.5 Å². The molecule has 1 heterocycles. The number of hydrogen-bond donors (Lipinski definition) is 0. The van der Waals surface area contributed by atoms with Gasteiger partial charge in [-0.15, -0.1) is 0 Å². The fourth-order valence-electron chi connectivity index (χ4n) is 3.17. The number of sulfone groups is 1. The highest BCUT2D eigenvalue weighted by Crippen LogP contribution is 2.21. The summed E-state index contributed by atoms with van der Waals surface area (Å²) in [6.07, 6.45) is 3.18. The first-order valence-corrected chi connectivity index (χ1v) is 10.7. The third-order valence-electron chi connectivity index (χ3n) is 4.72. The van der Waals surface area contributed by atoms with E-state index in [0.717, 1.165) is 0 Å². The molecule has 1 aliphatic rings. The maximum absolute atomic E-state index is 13.2. The van der Waals surface area contributed by atoms with Gasteiger partial charge in [0, 0.05) is 30.8 Å². The number of amides is 1. The maximum atomic E-state index is 13.2. The summed E-state index contributed by atoms with van der Waals surface area (Å²) in [4.78, 5) is 24.5. The quantitative estimate of drug-likeness (QED) is 0.408. The fraction of sp³-hybridized carbons (Fsp3) is 0.250. The van der Waals surface area contributed by atoms with E-state index in [-0.39, 0.29) is 29.6 Å². The summed E-state index contributed by atoms with van der Waals surface area (Å²) in [6, 6.07) is 10.9. The maximum Gasteiger partial charge on any atom is 0.269 e. The van der Waals surface area contributed by atoms with E-state index in [0.29, 0.717) is 17.5 Å². The molecule has 1 atom stereocenters. The van der Waals surface area contributed by atoms with Crippen molar-refractivity contribution in [2.24, 2.45) is 0 Å². The van der Waals surface area contributed by atoms with Crippen LogP contribution in [-0.4, -0.2) is 41.7 Å². The highest BCUT2D eigenvalue weighted by Gasteiger charge is 2.34. The van der Waals surface area contributed by atoms with E-state index < -0.39 is 26.6 Å². The van der Waals surface area contributed by atoms with E-state index in [4.69, 9.17) is 0 Å². The Labute approximate surface area is 167 Å². The Morgan fingerprint density at radius 3 is 2.38 bits per heavy atom. The van der Waals surface area contributed by atoms with Gasteiger partial charge in [0.15, 0.2) is 9.84 Å². The molecule has 2 aromatic carbocycles. The van der Waals surface area contributed by atoms with Crippen LogP contribution in [0.1, 0.15) is 17.5 Å². The molecule has 1 unspecified atom stereocenters. The second-order valence-corrected chi connectivity index (χ2v) is 9.06. The molecule has 1 saturated heterocycles. The minimum Gasteiger partial charge on any atom is -0.331 e. The monoisotopic (exact) mass is 418 g/mol. The van der Waals surface area contributed by atoms with Crippen LogP contribution in [0.2, 0.25) is 0 Å². The van der Waals surface area contributed by atoms with Gasteiger partial charge in [-0.1, -0.05) is 12.1 Å². The minimum atomic E-state index is -3.19. The average molecular weight is 418 g/mol. The van der Waals surface area contributed by atoms with Crippen LogP contribution in [0.4, 0.5) is 10.1 Å². The second-order valence-electron chi connectivity index (χ2n) is 6.83. The SMILES string of the molecule is O=C(/C=C/c1ccc([N+](=O)[O-])cc1)N(Cc1ccc(F)cc1)C1CCS(=O)(=O)C1. The first-order valence-electron chi connectivity index (χ1n) is 8.91. The van der Waals surface area contributed by atoms with Crippen LogP contribution in [0.5, 0.6) is 0 Å². The Balaban J connectivity index is 1.79. The molecule has 0 N–H and O–H groups in total. The molecule has 0 aromatic heterocycles. The van der Waals surface area contributed by atoms with Gasteiger partial charge >= 0.3 is 0 Å².